The molecule has 0 atom stereocenters. The van der Waals surface area contributed by atoms with Crippen LogP contribution in [0.15, 0.2) is 24.4 Å². The van der Waals surface area contributed by atoms with Crippen molar-refractivity contribution in [3.63, 3.8) is 0 Å². The van der Waals surface area contributed by atoms with Gasteiger partial charge in [0, 0.05) is 6.20 Å². The number of nitrogens with zero attached hydrogens (tertiary/aromatic N) is 1. The Hall–Kier alpha value is -0.840. The average molecular weight is 167 g/mol. The molecule has 0 spiro atoms. The van der Waals surface area contributed by atoms with Crippen molar-refractivity contribution in [3.05, 3.63) is 24.4 Å². The molecule has 1 rings (SSSR count). The predicted octanol–water partition coefficient (Wildman–Crippen LogP) is -0.564. The first-order valence-electron chi connectivity index (χ1n) is 2.06. The van der Waals surface area contributed by atoms with Gasteiger partial charge in [-0.15, -0.1) is 12.4 Å². The number of halogens is 1. The molecule has 0 bridgehead atoms. The van der Waals surface area contributed by atoms with Gasteiger partial charge in [0.2, 0.25) is 0 Å². The molecule has 0 radical (unpaired) electrons. The molecule has 60 valence electrons. The Morgan fingerprint density at radius 3 is 2.00 bits per heavy atom. The van der Waals surface area contributed by atoms with Crippen molar-refractivity contribution in [2.45, 2.75) is 0 Å². The van der Waals surface area contributed by atoms with Crippen molar-refractivity contribution in [2.75, 3.05) is 5.73 Å². The molecule has 4 nitrogen and oxygen atoms in total. The summed E-state index contributed by atoms with van der Waals surface area (Å²) >= 11 is 0. The normalized spacial score (nSPS) is 6.00. The fourth-order valence-electron chi connectivity index (χ4n) is 0.376. The van der Waals surface area contributed by atoms with Crippen molar-refractivity contribution in [2.24, 2.45) is 0 Å². The maximum Gasteiger partial charge on any atom is 0.123 e. The van der Waals surface area contributed by atoms with E-state index in [0.717, 1.165) is 0 Å². The van der Waals surface area contributed by atoms with Gasteiger partial charge >= 0.3 is 0 Å². The highest BCUT2D eigenvalue weighted by atomic mass is 35.5. The van der Waals surface area contributed by atoms with E-state index in [0.29, 0.717) is 5.82 Å². The van der Waals surface area contributed by atoms with Gasteiger partial charge in [-0.2, -0.15) is 0 Å². The van der Waals surface area contributed by atoms with Crippen LogP contribution in [0.5, 0.6) is 0 Å². The van der Waals surface area contributed by atoms with Crippen LogP contribution in [0.3, 0.4) is 0 Å². The van der Waals surface area contributed by atoms with Gasteiger partial charge in [-0.3, -0.25) is 0 Å². The molecule has 10 heavy (non-hydrogen) atoms. The van der Waals surface area contributed by atoms with Gasteiger partial charge in [-0.05, 0) is 12.1 Å². The highest BCUT2D eigenvalue weighted by molar-refractivity contribution is 5.85. The second kappa shape index (κ2) is 8.16. The Labute approximate surface area is 65.1 Å². The molecule has 0 saturated carbocycles. The first-order valence-corrected chi connectivity index (χ1v) is 2.06. The topological polar surface area (TPSA) is 102 Å². The van der Waals surface area contributed by atoms with Crippen LogP contribution in [0.2, 0.25) is 0 Å². The van der Waals surface area contributed by atoms with Crippen LogP contribution < -0.4 is 5.73 Å². The summed E-state index contributed by atoms with van der Waals surface area (Å²) in [5, 5.41) is 0. The molecule has 0 aliphatic heterocycles. The Kier molecular flexibility index (Phi) is 13.1. The third-order valence-corrected chi connectivity index (χ3v) is 0.688. The molecule has 0 amide bonds. The number of rotatable bonds is 0. The van der Waals surface area contributed by atoms with Crippen LogP contribution in [0.4, 0.5) is 5.82 Å². The first kappa shape index (κ1) is 16.1. The summed E-state index contributed by atoms with van der Waals surface area (Å²) in [5.74, 6) is 0.572. The van der Waals surface area contributed by atoms with Crippen LogP contribution in [-0.4, -0.2) is 15.9 Å². The lowest BCUT2D eigenvalue weighted by molar-refractivity contribution is 0.823. The highest BCUT2D eigenvalue weighted by Crippen LogP contribution is 1.89. The molecule has 0 aliphatic carbocycles. The zero-order valence-corrected chi connectivity index (χ0v) is 6.06. The molecule has 6 N–H and O–H groups in total. The Morgan fingerprint density at radius 2 is 1.80 bits per heavy atom. The monoisotopic (exact) mass is 166 g/mol. The number of nitrogens with two attached hydrogens (primary N) is 1. The molecule has 1 aromatic heterocycles. The number of aromatic nitrogens is 1. The van der Waals surface area contributed by atoms with E-state index in [2.05, 4.69) is 4.98 Å². The SMILES string of the molecule is Cl.Nc1ccccn1.O.O. The molecular weight excluding hydrogens is 156 g/mol. The van der Waals surface area contributed by atoms with E-state index in [1.807, 2.05) is 12.1 Å². The number of hydrogen-bond donors (Lipinski definition) is 1. The standard InChI is InChI=1S/C5H6N2.ClH.2H2O/c6-5-3-1-2-4-7-5;;;/h1-4H,(H2,6,7);1H;2*1H2. The minimum atomic E-state index is 0. The maximum atomic E-state index is 5.25. The second-order valence-electron chi connectivity index (χ2n) is 1.25. The van der Waals surface area contributed by atoms with Crippen LogP contribution >= 0.6 is 12.4 Å². The maximum absolute atomic E-state index is 5.25. The van der Waals surface area contributed by atoms with E-state index in [1.54, 1.807) is 12.3 Å². The molecule has 0 saturated heterocycles. The highest BCUT2D eigenvalue weighted by Gasteiger charge is 1.73. The third-order valence-electron chi connectivity index (χ3n) is 0.688. The summed E-state index contributed by atoms with van der Waals surface area (Å²) in [6.07, 6.45) is 1.66. The summed E-state index contributed by atoms with van der Waals surface area (Å²) < 4.78 is 0. The average Bonchev–Trinajstić information content (AvgIpc) is 1.69. The Balaban J connectivity index is -0.000000163. The molecule has 1 heterocycles. The number of pyridine rings is 1. The summed E-state index contributed by atoms with van der Waals surface area (Å²) in [6.45, 7) is 0. The van der Waals surface area contributed by atoms with E-state index in [9.17, 15) is 0 Å². The van der Waals surface area contributed by atoms with E-state index in [-0.39, 0.29) is 23.4 Å². The van der Waals surface area contributed by atoms with Crippen LogP contribution in [0.1, 0.15) is 0 Å². The number of nitrogen functional groups attached to an aromatic ring is 1. The molecule has 1 aromatic rings. The number of anilines is 1. The van der Waals surface area contributed by atoms with Gasteiger partial charge in [0.25, 0.3) is 0 Å². The van der Waals surface area contributed by atoms with Gasteiger partial charge in [0.05, 0.1) is 0 Å². The van der Waals surface area contributed by atoms with Crippen molar-refractivity contribution in [3.8, 4) is 0 Å². The lowest BCUT2D eigenvalue weighted by Crippen LogP contribution is -1.85. The fourth-order valence-corrected chi connectivity index (χ4v) is 0.376. The quantitative estimate of drug-likeness (QED) is 0.558. The number of hydrogen-bond acceptors (Lipinski definition) is 2. The van der Waals surface area contributed by atoms with Gasteiger partial charge in [-0.1, -0.05) is 6.07 Å². The van der Waals surface area contributed by atoms with Gasteiger partial charge in [-0.25, -0.2) is 4.98 Å². The zero-order valence-electron chi connectivity index (χ0n) is 5.24. The molecule has 0 unspecified atom stereocenters. The van der Waals surface area contributed by atoms with E-state index >= 15 is 0 Å². The van der Waals surface area contributed by atoms with E-state index < -0.39 is 0 Å². The smallest absolute Gasteiger partial charge is 0.123 e. The minimum absolute atomic E-state index is 0. The van der Waals surface area contributed by atoms with Crippen LogP contribution in [0.25, 0.3) is 0 Å². The molecule has 0 fully saturated rings. The largest absolute Gasteiger partial charge is 0.412 e. The molecule has 0 aromatic carbocycles. The molecular formula is C5H11ClN2O2. The van der Waals surface area contributed by atoms with Gasteiger partial charge < -0.3 is 16.7 Å². The van der Waals surface area contributed by atoms with Crippen LogP contribution in [-0.2, 0) is 0 Å². The molecule has 5 heteroatoms. The summed E-state index contributed by atoms with van der Waals surface area (Å²) in [5.41, 5.74) is 5.25. The lowest BCUT2D eigenvalue weighted by Gasteiger charge is -1.82. The molecule has 0 aliphatic rings. The lowest BCUT2D eigenvalue weighted by atomic mass is 10.5. The summed E-state index contributed by atoms with van der Waals surface area (Å²) in [4.78, 5) is 3.76. The van der Waals surface area contributed by atoms with Gasteiger partial charge in [0.15, 0.2) is 0 Å². The minimum Gasteiger partial charge on any atom is -0.412 e. The fraction of sp³-hybridized carbons (Fsp3) is 0. The summed E-state index contributed by atoms with van der Waals surface area (Å²) in [6, 6.07) is 5.43. The van der Waals surface area contributed by atoms with Crippen molar-refractivity contribution < 1.29 is 11.0 Å². The Morgan fingerprint density at radius 1 is 1.20 bits per heavy atom. The van der Waals surface area contributed by atoms with Crippen molar-refractivity contribution in [1.82, 2.24) is 4.98 Å². The van der Waals surface area contributed by atoms with Crippen LogP contribution in [0, 0.1) is 0 Å². The predicted molar refractivity (Wildman–Crippen MR) is 43.1 cm³/mol. The Bertz CT molecular complexity index is 148. The van der Waals surface area contributed by atoms with Crippen molar-refractivity contribution >= 4 is 18.2 Å². The second-order valence-corrected chi connectivity index (χ2v) is 1.25. The van der Waals surface area contributed by atoms with E-state index in [4.69, 9.17) is 5.73 Å². The third kappa shape index (κ3) is 5.30. The van der Waals surface area contributed by atoms with Crippen molar-refractivity contribution in [1.29, 1.82) is 0 Å². The van der Waals surface area contributed by atoms with E-state index in [1.165, 1.54) is 0 Å². The summed E-state index contributed by atoms with van der Waals surface area (Å²) in [7, 11) is 0. The first-order chi connectivity index (χ1) is 3.39. The van der Waals surface area contributed by atoms with Gasteiger partial charge in [0.1, 0.15) is 5.82 Å². The zero-order chi connectivity index (χ0) is 5.11.